The van der Waals surface area contributed by atoms with Gasteiger partial charge in [-0.1, -0.05) is 25.1 Å². The average Bonchev–Trinajstić information content (AvgIpc) is 3.05. The minimum atomic E-state index is -0.00278. The van der Waals surface area contributed by atoms with Crippen molar-refractivity contribution in [3.63, 3.8) is 0 Å². The van der Waals surface area contributed by atoms with Gasteiger partial charge in [0.25, 0.3) is 5.91 Å². The van der Waals surface area contributed by atoms with Crippen LogP contribution in [0.4, 0.5) is 0 Å². The average molecular weight is 283 g/mol. The molecule has 2 N–H and O–H groups in total. The van der Waals surface area contributed by atoms with Gasteiger partial charge in [-0.15, -0.1) is 0 Å². The quantitative estimate of drug-likeness (QED) is 0.905. The number of rotatable bonds is 4. The first-order valence-electron chi connectivity index (χ1n) is 7.68. The maximum atomic E-state index is 12.5. The highest BCUT2D eigenvalue weighted by Crippen LogP contribution is 2.18. The summed E-state index contributed by atoms with van der Waals surface area (Å²) in [5, 5.41) is 7.37. The summed E-state index contributed by atoms with van der Waals surface area (Å²) < 4.78 is 0. The predicted molar refractivity (Wildman–Crippen MR) is 84.5 cm³/mol. The molecule has 1 amide bonds. The van der Waals surface area contributed by atoms with Gasteiger partial charge in [0, 0.05) is 23.7 Å². The van der Waals surface area contributed by atoms with Crippen LogP contribution >= 0.6 is 0 Å². The number of aryl methyl sites for hydroxylation is 1. The number of benzene rings is 1. The second-order valence-electron chi connectivity index (χ2n) is 5.54. The lowest BCUT2D eigenvalue weighted by Gasteiger charge is -2.13. The number of carbonyl (C=O) groups excluding carboxylic acids is 1. The number of pyridine rings is 1. The van der Waals surface area contributed by atoms with E-state index < -0.39 is 0 Å². The van der Waals surface area contributed by atoms with Crippen molar-refractivity contribution in [3.8, 4) is 0 Å². The van der Waals surface area contributed by atoms with Gasteiger partial charge in [-0.2, -0.15) is 0 Å². The largest absolute Gasteiger partial charge is 0.350 e. The fourth-order valence-electron chi connectivity index (χ4n) is 2.84. The lowest BCUT2D eigenvalue weighted by Crippen LogP contribution is -2.37. The third-order valence-electron chi connectivity index (χ3n) is 4.05. The maximum absolute atomic E-state index is 12.5. The van der Waals surface area contributed by atoms with E-state index in [2.05, 4.69) is 22.5 Å². The number of aromatic nitrogens is 1. The van der Waals surface area contributed by atoms with Crippen molar-refractivity contribution in [2.45, 2.75) is 32.2 Å². The summed E-state index contributed by atoms with van der Waals surface area (Å²) in [4.78, 5) is 17.1. The minimum absolute atomic E-state index is 0.00278. The molecule has 110 valence electrons. The Morgan fingerprint density at radius 2 is 2.29 bits per heavy atom. The van der Waals surface area contributed by atoms with Gasteiger partial charge in [-0.05, 0) is 37.9 Å². The molecule has 1 aliphatic heterocycles. The van der Waals surface area contributed by atoms with Crippen molar-refractivity contribution in [2.75, 3.05) is 13.1 Å². The number of nitrogens with one attached hydrogen (secondary N) is 2. The predicted octanol–water partition coefficient (Wildman–Crippen LogP) is 2.28. The zero-order valence-corrected chi connectivity index (χ0v) is 12.4. The smallest absolute Gasteiger partial charge is 0.252 e. The molecule has 4 nitrogen and oxygen atoms in total. The number of carbonyl (C=O) groups is 1. The topological polar surface area (TPSA) is 54.0 Å². The van der Waals surface area contributed by atoms with Crippen molar-refractivity contribution in [1.82, 2.24) is 15.6 Å². The van der Waals surface area contributed by atoms with E-state index in [0.717, 1.165) is 41.5 Å². The molecule has 2 heterocycles. The van der Waals surface area contributed by atoms with E-state index in [1.54, 1.807) is 0 Å². The number of hydrogen-bond donors (Lipinski definition) is 2. The Bertz CT molecular complexity index is 648. The number of nitrogens with zero attached hydrogens (tertiary/aromatic N) is 1. The second-order valence-corrected chi connectivity index (χ2v) is 5.54. The molecule has 1 aromatic carbocycles. The normalized spacial score (nSPS) is 18.0. The first kappa shape index (κ1) is 14.0. The van der Waals surface area contributed by atoms with Crippen LogP contribution in [0.15, 0.2) is 30.3 Å². The molecule has 0 radical (unpaired) electrons. The zero-order valence-electron chi connectivity index (χ0n) is 12.4. The van der Waals surface area contributed by atoms with Crippen LogP contribution in [0, 0.1) is 0 Å². The molecule has 21 heavy (non-hydrogen) atoms. The fraction of sp³-hybridized carbons (Fsp3) is 0.412. The molecule has 0 saturated carbocycles. The van der Waals surface area contributed by atoms with Crippen LogP contribution in [0.2, 0.25) is 0 Å². The molecule has 1 fully saturated rings. The lowest BCUT2D eigenvalue weighted by atomic mass is 10.1. The van der Waals surface area contributed by atoms with E-state index in [0.29, 0.717) is 12.6 Å². The fourth-order valence-corrected chi connectivity index (χ4v) is 2.84. The molecule has 1 atom stereocenters. The Morgan fingerprint density at radius 1 is 1.43 bits per heavy atom. The van der Waals surface area contributed by atoms with Gasteiger partial charge in [0.15, 0.2) is 0 Å². The Morgan fingerprint density at radius 3 is 3.05 bits per heavy atom. The van der Waals surface area contributed by atoms with Gasteiger partial charge in [-0.25, -0.2) is 0 Å². The molecule has 0 spiro atoms. The number of amides is 1. The summed E-state index contributed by atoms with van der Waals surface area (Å²) in [6, 6.07) is 10.2. The van der Waals surface area contributed by atoms with Crippen molar-refractivity contribution in [2.24, 2.45) is 0 Å². The van der Waals surface area contributed by atoms with Gasteiger partial charge in [-0.3, -0.25) is 9.78 Å². The van der Waals surface area contributed by atoms with Crippen LogP contribution < -0.4 is 10.6 Å². The first-order valence-corrected chi connectivity index (χ1v) is 7.68. The molecule has 2 aromatic rings. The standard InChI is InChI=1S/C17H21N3O/c1-2-12-10-15(14-7-3-4-8-16(14)20-12)17(21)19-11-13-6-5-9-18-13/h3-4,7-8,10,13,18H,2,5-6,9,11H2,1H3,(H,19,21)/t13-/m0/s1. The number of fused-ring (bicyclic) bond motifs is 1. The lowest BCUT2D eigenvalue weighted by molar-refractivity contribution is 0.0952. The van der Waals surface area contributed by atoms with Crippen LogP contribution in [0.1, 0.15) is 35.8 Å². The van der Waals surface area contributed by atoms with Crippen LogP contribution in [0.3, 0.4) is 0 Å². The highest BCUT2D eigenvalue weighted by atomic mass is 16.1. The van der Waals surface area contributed by atoms with E-state index in [1.807, 2.05) is 30.3 Å². The Balaban J connectivity index is 1.85. The van der Waals surface area contributed by atoms with Gasteiger partial charge < -0.3 is 10.6 Å². The van der Waals surface area contributed by atoms with Crippen molar-refractivity contribution in [3.05, 3.63) is 41.6 Å². The van der Waals surface area contributed by atoms with E-state index in [4.69, 9.17) is 0 Å². The highest BCUT2D eigenvalue weighted by Gasteiger charge is 2.17. The van der Waals surface area contributed by atoms with Gasteiger partial charge in [0.05, 0.1) is 11.1 Å². The third kappa shape index (κ3) is 3.05. The maximum Gasteiger partial charge on any atom is 0.252 e. The van der Waals surface area contributed by atoms with Gasteiger partial charge >= 0.3 is 0 Å². The second kappa shape index (κ2) is 6.22. The third-order valence-corrected chi connectivity index (χ3v) is 4.05. The van der Waals surface area contributed by atoms with E-state index in [-0.39, 0.29) is 5.91 Å². The molecular weight excluding hydrogens is 262 g/mol. The summed E-state index contributed by atoms with van der Waals surface area (Å²) in [6.45, 7) is 3.80. The van der Waals surface area contributed by atoms with E-state index in [9.17, 15) is 4.79 Å². The SMILES string of the molecule is CCc1cc(C(=O)NC[C@@H]2CCCN2)c2ccccc2n1. The van der Waals surface area contributed by atoms with E-state index in [1.165, 1.54) is 6.42 Å². The molecule has 4 heteroatoms. The van der Waals surface area contributed by atoms with Crippen LogP contribution in [0.5, 0.6) is 0 Å². The van der Waals surface area contributed by atoms with E-state index >= 15 is 0 Å². The highest BCUT2D eigenvalue weighted by molar-refractivity contribution is 6.06. The minimum Gasteiger partial charge on any atom is -0.350 e. The Labute approximate surface area is 125 Å². The molecule has 0 unspecified atom stereocenters. The van der Waals surface area contributed by atoms with Crippen molar-refractivity contribution < 1.29 is 4.79 Å². The summed E-state index contributed by atoms with van der Waals surface area (Å²) in [5.41, 5.74) is 2.58. The summed E-state index contributed by atoms with van der Waals surface area (Å²) in [7, 11) is 0. The molecular formula is C17H21N3O. The number of hydrogen-bond acceptors (Lipinski definition) is 3. The summed E-state index contributed by atoms with van der Waals surface area (Å²) in [6.07, 6.45) is 3.16. The van der Waals surface area contributed by atoms with Crippen LogP contribution in [0.25, 0.3) is 10.9 Å². The molecule has 1 aliphatic rings. The monoisotopic (exact) mass is 283 g/mol. The van der Waals surface area contributed by atoms with Gasteiger partial charge in [0.1, 0.15) is 0 Å². The molecule has 0 bridgehead atoms. The zero-order chi connectivity index (χ0) is 14.7. The summed E-state index contributed by atoms with van der Waals surface area (Å²) >= 11 is 0. The molecule has 1 aromatic heterocycles. The molecule has 0 aliphatic carbocycles. The number of para-hydroxylation sites is 1. The van der Waals surface area contributed by atoms with Crippen molar-refractivity contribution >= 4 is 16.8 Å². The van der Waals surface area contributed by atoms with Crippen molar-refractivity contribution in [1.29, 1.82) is 0 Å². The molecule has 1 saturated heterocycles. The Kier molecular flexibility index (Phi) is 4.15. The van der Waals surface area contributed by atoms with Gasteiger partial charge in [0.2, 0.25) is 0 Å². The first-order chi connectivity index (χ1) is 10.3. The van der Waals surface area contributed by atoms with Crippen LogP contribution in [-0.2, 0) is 6.42 Å². The summed E-state index contributed by atoms with van der Waals surface area (Å²) in [5.74, 6) is -0.00278. The Hall–Kier alpha value is -1.94. The molecule has 3 rings (SSSR count). The van der Waals surface area contributed by atoms with Crippen LogP contribution in [-0.4, -0.2) is 30.0 Å².